The number of allylic oxidation sites excluding steroid dienone is 13. The predicted octanol–water partition coefficient (Wildman–Crippen LogP) is 13.2. The van der Waals surface area contributed by atoms with Crippen molar-refractivity contribution >= 4 is 0 Å². The Morgan fingerprint density at radius 1 is 0.923 bits per heavy atom. The molecule has 0 fully saturated rings. The van der Waals surface area contributed by atoms with Gasteiger partial charge in [-0.25, -0.2) is 0 Å². The minimum absolute atomic E-state index is 0.276. The van der Waals surface area contributed by atoms with Crippen molar-refractivity contribution in [1.82, 2.24) is 0 Å². The van der Waals surface area contributed by atoms with E-state index in [0.29, 0.717) is 5.92 Å². The molecule has 3 aliphatic rings. The van der Waals surface area contributed by atoms with Crippen molar-refractivity contribution in [2.45, 2.75) is 134 Å². The van der Waals surface area contributed by atoms with Crippen molar-refractivity contribution in [2.75, 3.05) is 0 Å². The third kappa shape index (κ3) is 9.51. The molecule has 2 atom stereocenters. The standard InChI is InChI=1S/C24H36.C11H16.2C2H6/c1-7-11-22-19(8-2)16-17-23(24(22,9-3)10-4)21-14-12-20(13-15-21)18(5)6;1-8(2)10(4)11-7-5-6-9(11)3;2*1-2/h11-14,17,19,21H,5,7-10,15-16H2,1-4,6H3;1,4-7H2,2-3H3;2*1-2H3/b22-11+;;;. The first-order valence-electron chi connectivity index (χ1n) is 16.2. The average molecular weight is 533 g/mol. The fourth-order valence-corrected chi connectivity index (χ4v) is 6.42. The zero-order valence-electron chi connectivity index (χ0n) is 28.0. The van der Waals surface area contributed by atoms with Gasteiger partial charge in [0.15, 0.2) is 0 Å². The van der Waals surface area contributed by atoms with Gasteiger partial charge < -0.3 is 0 Å². The van der Waals surface area contributed by atoms with Crippen LogP contribution in [0.2, 0.25) is 0 Å². The predicted molar refractivity (Wildman–Crippen MR) is 181 cm³/mol. The molecule has 0 aromatic rings. The summed E-state index contributed by atoms with van der Waals surface area (Å²) in [5, 5.41) is 0. The SMILES string of the molecule is C=C(C)C(=C)C1=C(C)CCC1.C=C(C)C1=CCC(C2=CCC(CC)/C(=C\CC)C2(CC)CC)C=C1.CC.CC. The summed E-state index contributed by atoms with van der Waals surface area (Å²) in [6.45, 7) is 35.8. The third-order valence-corrected chi connectivity index (χ3v) is 8.66. The number of hydrogen-bond acceptors (Lipinski definition) is 0. The Morgan fingerprint density at radius 3 is 1.92 bits per heavy atom. The summed E-state index contributed by atoms with van der Waals surface area (Å²) in [6, 6.07) is 0. The molecule has 2 unspecified atom stereocenters. The molecule has 0 aromatic carbocycles. The molecule has 0 saturated heterocycles. The zero-order valence-corrected chi connectivity index (χ0v) is 28.0. The van der Waals surface area contributed by atoms with E-state index in [-0.39, 0.29) is 5.41 Å². The second kappa shape index (κ2) is 19.1. The molecule has 0 heterocycles. The highest BCUT2D eigenvalue weighted by atomic mass is 14.5. The summed E-state index contributed by atoms with van der Waals surface area (Å²) >= 11 is 0. The maximum Gasteiger partial charge on any atom is 0.0124 e. The Bertz CT molecular complexity index is 948. The first-order valence-corrected chi connectivity index (χ1v) is 16.2. The van der Waals surface area contributed by atoms with Crippen molar-refractivity contribution in [1.29, 1.82) is 0 Å². The normalized spacial score (nSPS) is 22.3. The molecule has 3 rings (SSSR count). The minimum Gasteiger partial charge on any atom is -0.0955 e. The van der Waals surface area contributed by atoms with E-state index in [9.17, 15) is 0 Å². The van der Waals surface area contributed by atoms with Gasteiger partial charge in [-0.2, -0.15) is 0 Å². The van der Waals surface area contributed by atoms with Crippen LogP contribution in [0.3, 0.4) is 0 Å². The van der Waals surface area contributed by atoms with E-state index < -0.39 is 0 Å². The molecule has 39 heavy (non-hydrogen) atoms. The molecule has 0 spiro atoms. The average Bonchev–Trinajstić information content (AvgIpc) is 3.40. The summed E-state index contributed by atoms with van der Waals surface area (Å²) in [5.41, 5.74) is 11.4. The summed E-state index contributed by atoms with van der Waals surface area (Å²) in [5.74, 6) is 1.30. The van der Waals surface area contributed by atoms with Crippen LogP contribution in [0.15, 0.2) is 94.7 Å². The molecule has 0 bridgehead atoms. The van der Waals surface area contributed by atoms with Gasteiger partial charge in [0, 0.05) is 11.3 Å². The van der Waals surface area contributed by atoms with Crippen LogP contribution >= 0.6 is 0 Å². The quantitative estimate of drug-likeness (QED) is 0.215. The van der Waals surface area contributed by atoms with Crippen LogP contribution in [-0.2, 0) is 0 Å². The molecule has 0 aromatic heterocycles. The highest BCUT2D eigenvalue weighted by Gasteiger charge is 2.42. The highest BCUT2D eigenvalue weighted by molar-refractivity contribution is 5.46. The molecular weight excluding hydrogens is 468 g/mol. The summed E-state index contributed by atoms with van der Waals surface area (Å²) in [6.07, 6.45) is 23.2. The number of rotatable bonds is 8. The summed E-state index contributed by atoms with van der Waals surface area (Å²) in [4.78, 5) is 0. The van der Waals surface area contributed by atoms with Crippen molar-refractivity contribution in [3.8, 4) is 0 Å². The Hall–Kier alpha value is -2.08. The maximum absolute atomic E-state index is 4.09. The lowest BCUT2D eigenvalue weighted by atomic mass is 9.58. The molecule has 0 heteroatoms. The van der Waals surface area contributed by atoms with Gasteiger partial charge >= 0.3 is 0 Å². The van der Waals surface area contributed by atoms with E-state index in [2.05, 4.69) is 91.7 Å². The molecule has 3 aliphatic carbocycles. The first-order chi connectivity index (χ1) is 18.7. The van der Waals surface area contributed by atoms with Gasteiger partial charge in [0.1, 0.15) is 0 Å². The number of hydrogen-bond donors (Lipinski definition) is 0. The van der Waals surface area contributed by atoms with Crippen molar-refractivity contribution in [3.05, 3.63) is 94.7 Å². The van der Waals surface area contributed by atoms with E-state index in [0.717, 1.165) is 24.3 Å². The lowest BCUT2D eigenvalue weighted by Crippen LogP contribution is -2.35. The van der Waals surface area contributed by atoms with Crippen LogP contribution in [0.4, 0.5) is 0 Å². The van der Waals surface area contributed by atoms with Crippen LogP contribution in [-0.4, -0.2) is 0 Å². The van der Waals surface area contributed by atoms with Gasteiger partial charge in [0.05, 0.1) is 0 Å². The minimum atomic E-state index is 0.276. The maximum atomic E-state index is 4.09. The summed E-state index contributed by atoms with van der Waals surface area (Å²) in [7, 11) is 0. The van der Waals surface area contributed by atoms with Gasteiger partial charge in [0.25, 0.3) is 0 Å². The Labute approximate surface area is 245 Å². The van der Waals surface area contributed by atoms with Crippen molar-refractivity contribution in [2.24, 2.45) is 17.3 Å². The molecule has 0 aliphatic heterocycles. The van der Waals surface area contributed by atoms with Gasteiger partial charge in [-0.15, -0.1) is 0 Å². The second-order valence-corrected chi connectivity index (χ2v) is 10.9. The van der Waals surface area contributed by atoms with Crippen LogP contribution in [0.25, 0.3) is 0 Å². The van der Waals surface area contributed by atoms with Crippen LogP contribution in [0.5, 0.6) is 0 Å². The lowest BCUT2D eigenvalue weighted by Gasteiger charge is -2.46. The van der Waals surface area contributed by atoms with E-state index in [1.165, 1.54) is 72.8 Å². The fraction of sp³-hybridized carbons (Fsp3) is 0.590. The summed E-state index contributed by atoms with van der Waals surface area (Å²) < 4.78 is 0. The van der Waals surface area contributed by atoms with E-state index in [4.69, 9.17) is 0 Å². The molecule has 0 N–H and O–H groups in total. The van der Waals surface area contributed by atoms with Crippen LogP contribution in [0, 0.1) is 17.3 Å². The largest absolute Gasteiger partial charge is 0.0955 e. The van der Waals surface area contributed by atoms with Gasteiger partial charge in [0.2, 0.25) is 0 Å². The molecule has 0 nitrogen and oxygen atoms in total. The van der Waals surface area contributed by atoms with Gasteiger partial charge in [-0.05, 0) is 101 Å². The molecular formula is C39H64. The van der Waals surface area contributed by atoms with E-state index in [1.54, 1.807) is 11.1 Å². The van der Waals surface area contributed by atoms with E-state index >= 15 is 0 Å². The topological polar surface area (TPSA) is 0 Å². The second-order valence-electron chi connectivity index (χ2n) is 10.9. The molecule has 0 amide bonds. The molecule has 220 valence electrons. The Balaban J connectivity index is 0.000000803. The zero-order chi connectivity index (χ0) is 30.2. The van der Waals surface area contributed by atoms with Gasteiger partial charge in [-0.3, -0.25) is 0 Å². The smallest absolute Gasteiger partial charge is 0.0124 e. The first kappa shape index (κ1) is 36.9. The monoisotopic (exact) mass is 533 g/mol. The Kier molecular flexibility index (Phi) is 18.1. The van der Waals surface area contributed by atoms with Crippen molar-refractivity contribution < 1.29 is 0 Å². The van der Waals surface area contributed by atoms with Crippen LogP contribution < -0.4 is 0 Å². The molecule has 0 saturated carbocycles. The highest BCUT2D eigenvalue weighted by Crippen LogP contribution is 2.54. The lowest BCUT2D eigenvalue weighted by molar-refractivity contribution is 0.302. The Morgan fingerprint density at radius 2 is 1.54 bits per heavy atom. The van der Waals surface area contributed by atoms with E-state index in [1.807, 2.05) is 34.6 Å². The van der Waals surface area contributed by atoms with Crippen LogP contribution in [0.1, 0.15) is 134 Å². The van der Waals surface area contributed by atoms with Crippen molar-refractivity contribution in [3.63, 3.8) is 0 Å². The third-order valence-electron chi connectivity index (χ3n) is 8.66. The molecule has 0 radical (unpaired) electrons. The fourth-order valence-electron chi connectivity index (χ4n) is 6.42. The van der Waals surface area contributed by atoms with Gasteiger partial charge in [-0.1, -0.05) is 133 Å².